The normalized spacial score (nSPS) is 15.0. The van der Waals surface area contributed by atoms with Crippen molar-refractivity contribution in [1.82, 2.24) is 15.2 Å². The lowest BCUT2D eigenvalue weighted by Gasteiger charge is -2.26. The average molecular weight is 418 g/mol. The Kier molecular flexibility index (Phi) is 6.77. The Morgan fingerprint density at radius 3 is 2.81 bits per heavy atom. The molecule has 1 saturated heterocycles. The molecule has 0 unspecified atom stereocenters. The quantitative estimate of drug-likeness (QED) is 0.732. The van der Waals surface area contributed by atoms with Crippen molar-refractivity contribution in [1.29, 1.82) is 0 Å². The van der Waals surface area contributed by atoms with Crippen LogP contribution in [-0.4, -0.2) is 55.2 Å². The van der Waals surface area contributed by atoms with Gasteiger partial charge in [-0.2, -0.15) is 0 Å². The van der Waals surface area contributed by atoms with Crippen LogP contribution in [0.2, 0.25) is 0 Å². The van der Waals surface area contributed by atoms with Crippen molar-refractivity contribution >= 4 is 21.8 Å². The summed E-state index contributed by atoms with van der Waals surface area (Å²) in [6, 6.07) is 11.7. The molecule has 0 radical (unpaired) electrons. The van der Waals surface area contributed by atoms with E-state index in [1.54, 1.807) is 0 Å². The van der Waals surface area contributed by atoms with Crippen molar-refractivity contribution in [2.45, 2.75) is 13.3 Å². The Bertz CT molecular complexity index is 760. The molecule has 5 nitrogen and oxygen atoms in total. The minimum absolute atomic E-state index is 0.0576. The number of pyridine rings is 1. The molecule has 1 fully saturated rings. The van der Waals surface area contributed by atoms with E-state index in [1.165, 1.54) is 0 Å². The van der Waals surface area contributed by atoms with Gasteiger partial charge in [0, 0.05) is 29.7 Å². The van der Waals surface area contributed by atoms with Crippen LogP contribution < -0.4 is 5.32 Å². The highest BCUT2D eigenvalue weighted by Crippen LogP contribution is 2.22. The molecular weight excluding hydrogens is 394 g/mol. The minimum Gasteiger partial charge on any atom is -0.379 e. The number of aromatic nitrogens is 1. The van der Waals surface area contributed by atoms with Gasteiger partial charge < -0.3 is 10.1 Å². The molecule has 2 aromatic rings. The number of carbonyl (C=O) groups excluding carboxylic acids is 1. The predicted molar refractivity (Wildman–Crippen MR) is 106 cm³/mol. The third-order valence-corrected chi connectivity index (χ3v) is 4.98. The Labute approximate surface area is 162 Å². The Hall–Kier alpha value is -1.76. The maximum atomic E-state index is 12.4. The second-order valence-corrected chi connectivity index (χ2v) is 7.32. The van der Waals surface area contributed by atoms with Crippen LogP contribution in [0.3, 0.4) is 0 Å². The molecule has 138 valence electrons. The second-order valence-electron chi connectivity index (χ2n) is 6.40. The van der Waals surface area contributed by atoms with E-state index in [9.17, 15) is 4.79 Å². The van der Waals surface area contributed by atoms with Gasteiger partial charge in [0.2, 0.25) is 0 Å². The Balaban J connectivity index is 1.54. The van der Waals surface area contributed by atoms with Crippen LogP contribution >= 0.6 is 15.9 Å². The highest BCUT2D eigenvalue weighted by Gasteiger charge is 2.12. The molecular formula is C20H24BrN3O2. The number of aryl methyl sites for hydroxylation is 1. The molecule has 1 aromatic heterocycles. The largest absolute Gasteiger partial charge is 0.379 e. The molecule has 0 spiro atoms. The van der Waals surface area contributed by atoms with Gasteiger partial charge in [0.25, 0.3) is 5.91 Å². The maximum absolute atomic E-state index is 12.4. The monoisotopic (exact) mass is 417 g/mol. The van der Waals surface area contributed by atoms with Gasteiger partial charge in [0.15, 0.2) is 0 Å². The standard InChI is InChI=1S/C20H24BrN3O2/c1-15-18(6-7-19(23-15)16-4-2-5-17(21)14-16)20(25)22-8-3-9-24-10-12-26-13-11-24/h2,4-7,14H,3,8-13H2,1H3,(H,22,25). The molecule has 2 heterocycles. The van der Waals surface area contributed by atoms with Gasteiger partial charge in [-0.25, -0.2) is 0 Å². The number of ether oxygens (including phenoxy) is 1. The number of hydrogen-bond acceptors (Lipinski definition) is 4. The first-order chi connectivity index (χ1) is 12.6. The van der Waals surface area contributed by atoms with E-state index in [4.69, 9.17) is 4.74 Å². The van der Waals surface area contributed by atoms with Crippen LogP contribution in [0.15, 0.2) is 40.9 Å². The smallest absolute Gasteiger partial charge is 0.253 e. The van der Waals surface area contributed by atoms with Gasteiger partial charge in [-0.15, -0.1) is 0 Å². The molecule has 0 aliphatic carbocycles. The zero-order chi connectivity index (χ0) is 18.4. The van der Waals surface area contributed by atoms with E-state index in [2.05, 4.69) is 31.1 Å². The molecule has 1 aromatic carbocycles. The average Bonchev–Trinajstić information content (AvgIpc) is 2.66. The summed E-state index contributed by atoms with van der Waals surface area (Å²) in [4.78, 5) is 19.4. The number of amides is 1. The maximum Gasteiger partial charge on any atom is 0.253 e. The van der Waals surface area contributed by atoms with Gasteiger partial charge in [-0.1, -0.05) is 28.1 Å². The summed E-state index contributed by atoms with van der Waals surface area (Å²) >= 11 is 3.48. The summed E-state index contributed by atoms with van der Waals surface area (Å²) in [5.74, 6) is -0.0576. The van der Waals surface area contributed by atoms with Crippen LogP contribution in [0.25, 0.3) is 11.3 Å². The second kappa shape index (κ2) is 9.26. The number of rotatable bonds is 6. The molecule has 1 N–H and O–H groups in total. The number of nitrogens with one attached hydrogen (secondary N) is 1. The van der Waals surface area contributed by atoms with Crippen molar-refractivity contribution in [2.75, 3.05) is 39.4 Å². The lowest BCUT2D eigenvalue weighted by Crippen LogP contribution is -2.38. The summed E-state index contributed by atoms with van der Waals surface area (Å²) in [5.41, 5.74) is 3.27. The van der Waals surface area contributed by atoms with E-state index < -0.39 is 0 Å². The molecule has 0 saturated carbocycles. The fraction of sp³-hybridized carbons (Fsp3) is 0.400. The lowest BCUT2D eigenvalue weighted by atomic mass is 10.1. The zero-order valence-corrected chi connectivity index (χ0v) is 16.6. The zero-order valence-electron chi connectivity index (χ0n) is 15.0. The summed E-state index contributed by atoms with van der Waals surface area (Å²) in [6.07, 6.45) is 0.939. The molecule has 0 bridgehead atoms. The van der Waals surface area contributed by atoms with Gasteiger partial charge in [-0.3, -0.25) is 14.7 Å². The Morgan fingerprint density at radius 1 is 1.27 bits per heavy atom. The van der Waals surface area contributed by atoms with E-state index in [-0.39, 0.29) is 5.91 Å². The lowest BCUT2D eigenvalue weighted by molar-refractivity contribution is 0.0374. The predicted octanol–water partition coefficient (Wildman–Crippen LogP) is 3.27. The first-order valence-corrected chi connectivity index (χ1v) is 9.74. The van der Waals surface area contributed by atoms with Gasteiger partial charge in [0.1, 0.15) is 0 Å². The van der Waals surface area contributed by atoms with Crippen LogP contribution in [0.4, 0.5) is 0 Å². The minimum atomic E-state index is -0.0576. The Morgan fingerprint density at radius 2 is 2.08 bits per heavy atom. The first-order valence-electron chi connectivity index (χ1n) is 8.95. The van der Waals surface area contributed by atoms with Crippen LogP contribution in [0, 0.1) is 6.92 Å². The fourth-order valence-corrected chi connectivity index (χ4v) is 3.43. The number of benzene rings is 1. The van der Waals surface area contributed by atoms with Crippen LogP contribution in [0.5, 0.6) is 0 Å². The van der Waals surface area contributed by atoms with E-state index >= 15 is 0 Å². The van der Waals surface area contributed by atoms with Gasteiger partial charge >= 0.3 is 0 Å². The van der Waals surface area contributed by atoms with E-state index in [0.29, 0.717) is 12.1 Å². The van der Waals surface area contributed by atoms with Crippen LogP contribution in [-0.2, 0) is 4.74 Å². The van der Waals surface area contributed by atoms with Crippen molar-refractivity contribution < 1.29 is 9.53 Å². The van der Waals surface area contributed by atoms with Crippen molar-refractivity contribution in [3.63, 3.8) is 0 Å². The summed E-state index contributed by atoms with van der Waals surface area (Å²) in [7, 11) is 0. The third-order valence-electron chi connectivity index (χ3n) is 4.49. The summed E-state index contributed by atoms with van der Waals surface area (Å²) in [5, 5.41) is 3.00. The highest BCUT2D eigenvalue weighted by atomic mass is 79.9. The topological polar surface area (TPSA) is 54.5 Å². The van der Waals surface area contributed by atoms with Crippen molar-refractivity contribution in [3.8, 4) is 11.3 Å². The molecule has 3 rings (SSSR count). The number of hydrogen-bond donors (Lipinski definition) is 1. The third kappa shape index (κ3) is 5.13. The number of nitrogens with zero attached hydrogens (tertiary/aromatic N) is 2. The first kappa shape index (κ1) is 19.0. The van der Waals surface area contributed by atoms with Gasteiger partial charge in [-0.05, 0) is 44.2 Å². The van der Waals surface area contributed by atoms with Crippen molar-refractivity contribution in [3.05, 3.63) is 52.1 Å². The summed E-state index contributed by atoms with van der Waals surface area (Å²) < 4.78 is 6.35. The SMILES string of the molecule is Cc1nc(-c2cccc(Br)c2)ccc1C(=O)NCCCN1CCOCC1. The van der Waals surface area contributed by atoms with E-state index in [0.717, 1.165) is 60.7 Å². The van der Waals surface area contributed by atoms with Crippen LogP contribution in [0.1, 0.15) is 22.5 Å². The molecule has 0 atom stereocenters. The molecule has 26 heavy (non-hydrogen) atoms. The molecule has 1 aliphatic heterocycles. The van der Waals surface area contributed by atoms with Gasteiger partial charge in [0.05, 0.1) is 30.2 Å². The number of halogens is 1. The number of carbonyl (C=O) groups is 1. The molecule has 1 aliphatic rings. The number of morpholine rings is 1. The fourth-order valence-electron chi connectivity index (χ4n) is 3.03. The molecule has 6 heteroatoms. The summed E-state index contributed by atoms with van der Waals surface area (Å²) in [6.45, 7) is 7.11. The van der Waals surface area contributed by atoms with Crippen molar-refractivity contribution in [2.24, 2.45) is 0 Å². The van der Waals surface area contributed by atoms with E-state index in [1.807, 2.05) is 43.3 Å². The highest BCUT2D eigenvalue weighted by molar-refractivity contribution is 9.10. The molecule has 1 amide bonds.